The van der Waals surface area contributed by atoms with Crippen molar-refractivity contribution in [2.24, 2.45) is 11.1 Å². The molecule has 0 atom stereocenters. The Labute approximate surface area is 119 Å². The largest absolute Gasteiger partial charge is 0.339 e. The van der Waals surface area contributed by atoms with Crippen molar-refractivity contribution in [1.29, 1.82) is 0 Å². The lowest BCUT2D eigenvalue weighted by atomic mass is 9.67. The van der Waals surface area contributed by atoms with Crippen molar-refractivity contribution in [3.05, 3.63) is 28.8 Å². The van der Waals surface area contributed by atoms with E-state index in [2.05, 4.69) is 31.1 Å². The Morgan fingerprint density at radius 2 is 2.21 bits per heavy atom. The van der Waals surface area contributed by atoms with Gasteiger partial charge in [-0.25, -0.2) is 0 Å². The van der Waals surface area contributed by atoms with Gasteiger partial charge in [0, 0.05) is 28.9 Å². The van der Waals surface area contributed by atoms with Crippen LogP contribution in [0.15, 0.2) is 27.5 Å². The lowest BCUT2D eigenvalue weighted by molar-refractivity contribution is 0.129. The first-order valence-corrected chi connectivity index (χ1v) is 7.14. The SMILES string of the molecule is NCC1(Cc2nc(-c3cncc(Br)c3)no2)CCC1. The molecule has 5 nitrogen and oxygen atoms in total. The van der Waals surface area contributed by atoms with Crippen molar-refractivity contribution in [1.82, 2.24) is 15.1 Å². The van der Waals surface area contributed by atoms with Crippen LogP contribution in [0.2, 0.25) is 0 Å². The summed E-state index contributed by atoms with van der Waals surface area (Å²) in [5.74, 6) is 1.25. The van der Waals surface area contributed by atoms with Gasteiger partial charge < -0.3 is 10.3 Å². The standard InChI is InChI=1S/C13H15BrN4O/c14-10-4-9(6-16-7-10)12-17-11(19-18-12)5-13(8-15)2-1-3-13/h4,6-7H,1-3,5,8,15H2. The predicted octanol–water partition coefficient (Wildman–Crippen LogP) is 2.57. The highest BCUT2D eigenvalue weighted by Crippen LogP contribution is 2.42. The first kappa shape index (κ1) is 12.7. The van der Waals surface area contributed by atoms with E-state index in [1.807, 2.05) is 6.07 Å². The molecule has 0 aromatic carbocycles. The summed E-state index contributed by atoms with van der Waals surface area (Å²) in [4.78, 5) is 8.54. The smallest absolute Gasteiger partial charge is 0.227 e. The zero-order valence-corrected chi connectivity index (χ0v) is 12.1. The van der Waals surface area contributed by atoms with Crippen LogP contribution >= 0.6 is 15.9 Å². The molecular formula is C13H15BrN4O. The maximum absolute atomic E-state index is 5.85. The number of nitrogens with zero attached hydrogens (tertiary/aromatic N) is 3. The van der Waals surface area contributed by atoms with E-state index in [1.165, 1.54) is 6.42 Å². The van der Waals surface area contributed by atoms with Crippen LogP contribution in [-0.2, 0) is 6.42 Å². The average molecular weight is 323 g/mol. The number of aromatic nitrogens is 3. The van der Waals surface area contributed by atoms with Crippen LogP contribution in [0, 0.1) is 5.41 Å². The van der Waals surface area contributed by atoms with Crippen LogP contribution in [0.3, 0.4) is 0 Å². The predicted molar refractivity (Wildman–Crippen MR) is 74.3 cm³/mol. The van der Waals surface area contributed by atoms with Gasteiger partial charge in [-0.15, -0.1) is 0 Å². The van der Waals surface area contributed by atoms with Gasteiger partial charge in [-0.1, -0.05) is 11.6 Å². The second-order valence-corrected chi connectivity index (χ2v) is 6.05. The van der Waals surface area contributed by atoms with Crippen molar-refractivity contribution >= 4 is 15.9 Å². The maximum Gasteiger partial charge on any atom is 0.227 e. The zero-order valence-electron chi connectivity index (χ0n) is 10.5. The van der Waals surface area contributed by atoms with Gasteiger partial charge in [0.2, 0.25) is 11.7 Å². The summed E-state index contributed by atoms with van der Waals surface area (Å²) < 4.78 is 6.23. The Kier molecular flexibility index (Phi) is 3.36. The second-order valence-electron chi connectivity index (χ2n) is 5.14. The molecule has 2 heterocycles. The average Bonchev–Trinajstić information content (AvgIpc) is 2.82. The van der Waals surface area contributed by atoms with Crippen LogP contribution in [-0.4, -0.2) is 21.7 Å². The molecule has 0 bridgehead atoms. The molecule has 2 aromatic heterocycles. The number of hydrogen-bond donors (Lipinski definition) is 1. The fraction of sp³-hybridized carbons (Fsp3) is 0.462. The summed E-state index contributed by atoms with van der Waals surface area (Å²) in [7, 11) is 0. The number of halogens is 1. The molecule has 100 valence electrons. The topological polar surface area (TPSA) is 77.8 Å². The molecule has 0 amide bonds. The lowest BCUT2D eigenvalue weighted by Gasteiger charge is -2.39. The van der Waals surface area contributed by atoms with E-state index in [-0.39, 0.29) is 5.41 Å². The van der Waals surface area contributed by atoms with Crippen molar-refractivity contribution in [3.8, 4) is 11.4 Å². The van der Waals surface area contributed by atoms with Gasteiger partial charge in [0.05, 0.1) is 0 Å². The van der Waals surface area contributed by atoms with Gasteiger partial charge >= 0.3 is 0 Å². The molecule has 1 aliphatic carbocycles. The fourth-order valence-corrected chi connectivity index (χ4v) is 2.79. The Morgan fingerprint density at radius 1 is 1.37 bits per heavy atom. The summed E-state index contributed by atoms with van der Waals surface area (Å²) in [5.41, 5.74) is 6.88. The van der Waals surface area contributed by atoms with Gasteiger partial charge in [-0.2, -0.15) is 4.98 Å². The molecule has 6 heteroatoms. The molecule has 0 spiro atoms. The minimum absolute atomic E-state index is 0.180. The number of pyridine rings is 1. The van der Waals surface area contributed by atoms with Crippen LogP contribution in [0.25, 0.3) is 11.4 Å². The Balaban J connectivity index is 1.80. The summed E-state index contributed by atoms with van der Waals surface area (Å²) >= 11 is 3.38. The lowest BCUT2D eigenvalue weighted by Crippen LogP contribution is -2.39. The molecule has 1 aliphatic rings. The highest BCUT2D eigenvalue weighted by atomic mass is 79.9. The third-order valence-electron chi connectivity index (χ3n) is 3.80. The Hall–Kier alpha value is -1.27. The van der Waals surface area contributed by atoms with Gasteiger partial charge in [0.1, 0.15) is 0 Å². The molecule has 2 aromatic rings. The minimum Gasteiger partial charge on any atom is -0.339 e. The van der Waals surface area contributed by atoms with E-state index in [1.54, 1.807) is 12.4 Å². The number of hydrogen-bond acceptors (Lipinski definition) is 5. The van der Waals surface area contributed by atoms with E-state index < -0.39 is 0 Å². The third-order valence-corrected chi connectivity index (χ3v) is 4.24. The Morgan fingerprint density at radius 3 is 2.84 bits per heavy atom. The summed E-state index contributed by atoms with van der Waals surface area (Å²) in [6, 6.07) is 1.92. The second kappa shape index (κ2) is 5.02. The van der Waals surface area contributed by atoms with Crippen molar-refractivity contribution in [3.63, 3.8) is 0 Å². The van der Waals surface area contributed by atoms with E-state index in [9.17, 15) is 0 Å². The van der Waals surface area contributed by atoms with Crippen LogP contribution in [0.1, 0.15) is 25.2 Å². The van der Waals surface area contributed by atoms with Gasteiger partial charge in [-0.05, 0) is 46.8 Å². The van der Waals surface area contributed by atoms with E-state index in [4.69, 9.17) is 10.3 Å². The molecule has 3 rings (SSSR count). The monoisotopic (exact) mass is 322 g/mol. The third kappa shape index (κ3) is 2.55. The Bertz CT molecular complexity index is 574. The number of nitrogens with two attached hydrogens (primary N) is 1. The van der Waals surface area contributed by atoms with Crippen molar-refractivity contribution < 1.29 is 4.52 Å². The first-order valence-electron chi connectivity index (χ1n) is 6.34. The van der Waals surface area contributed by atoms with Crippen LogP contribution < -0.4 is 5.73 Å². The van der Waals surface area contributed by atoms with E-state index >= 15 is 0 Å². The molecule has 0 saturated heterocycles. The molecular weight excluding hydrogens is 308 g/mol. The molecule has 1 fully saturated rings. The quantitative estimate of drug-likeness (QED) is 0.935. The van der Waals surface area contributed by atoms with Crippen LogP contribution in [0.5, 0.6) is 0 Å². The summed E-state index contributed by atoms with van der Waals surface area (Å²) in [5, 5.41) is 4.02. The molecule has 0 aliphatic heterocycles. The molecule has 2 N–H and O–H groups in total. The zero-order chi connectivity index (χ0) is 13.3. The van der Waals surface area contributed by atoms with Crippen molar-refractivity contribution in [2.75, 3.05) is 6.54 Å². The van der Waals surface area contributed by atoms with Crippen molar-refractivity contribution in [2.45, 2.75) is 25.7 Å². The summed E-state index contributed by atoms with van der Waals surface area (Å²) in [6.07, 6.45) is 7.77. The maximum atomic E-state index is 5.85. The molecule has 0 radical (unpaired) electrons. The highest BCUT2D eigenvalue weighted by Gasteiger charge is 2.37. The van der Waals surface area contributed by atoms with Gasteiger partial charge in [-0.3, -0.25) is 4.98 Å². The normalized spacial score (nSPS) is 17.2. The number of rotatable bonds is 4. The molecule has 1 saturated carbocycles. The highest BCUT2D eigenvalue weighted by molar-refractivity contribution is 9.10. The fourth-order valence-electron chi connectivity index (χ4n) is 2.43. The van der Waals surface area contributed by atoms with Crippen LogP contribution in [0.4, 0.5) is 0 Å². The molecule has 0 unspecified atom stereocenters. The van der Waals surface area contributed by atoms with Gasteiger partial charge in [0.15, 0.2) is 0 Å². The minimum atomic E-state index is 0.180. The first-order chi connectivity index (χ1) is 9.21. The summed E-state index contributed by atoms with van der Waals surface area (Å²) in [6.45, 7) is 0.684. The molecule has 19 heavy (non-hydrogen) atoms. The van der Waals surface area contributed by atoms with E-state index in [0.717, 1.165) is 29.3 Å². The van der Waals surface area contributed by atoms with Gasteiger partial charge in [0.25, 0.3) is 0 Å². The van der Waals surface area contributed by atoms with E-state index in [0.29, 0.717) is 18.3 Å².